The van der Waals surface area contributed by atoms with Crippen molar-refractivity contribution in [1.29, 1.82) is 0 Å². The average molecular weight is 269 g/mol. The highest BCUT2D eigenvalue weighted by atomic mass is 19.1. The van der Waals surface area contributed by atoms with E-state index in [1.807, 2.05) is 10.4 Å². The number of nitrogens with one attached hydrogen (secondary N) is 2. The first kappa shape index (κ1) is 12.8. The molecule has 0 fully saturated rings. The van der Waals surface area contributed by atoms with E-state index >= 15 is 0 Å². The summed E-state index contributed by atoms with van der Waals surface area (Å²) < 4.78 is 39.2. The number of hydrogen-bond acceptors (Lipinski definition) is 3. The zero-order valence-corrected chi connectivity index (χ0v) is 9.21. The maximum atomic E-state index is 13.3. The summed E-state index contributed by atoms with van der Waals surface area (Å²) >= 11 is 0. The molecule has 0 unspecified atom stereocenters. The topological polar surface area (TPSA) is 74.8 Å². The number of aromatic nitrogens is 2. The van der Waals surface area contributed by atoms with Crippen LogP contribution in [0.2, 0.25) is 0 Å². The van der Waals surface area contributed by atoms with Crippen LogP contribution in [0, 0.1) is 17.5 Å². The van der Waals surface area contributed by atoms with Gasteiger partial charge in [0, 0.05) is 18.2 Å². The van der Waals surface area contributed by atoms with E-state index in [-0.39, 0.29) is 5.69 Å². The van der Waals surface area contributed by atoms with Gasteiger partial charge in [0.2, 0.25) is 0 Å². The number of hydrogen-bond donors (Lipinski definition) is 2. The lowest BCUT2D eigenvalue weighted by Gasteiger charge is -2.06. The van der Waals surface area contributed by atoms with Crippen LogP contribution in [-0.4, -0.2) is 16.1 Å². The molecule has 0 aliphatic carbocycles. The monoisotopic (exact) mass is 269 g/mol. The highest BCUT2D eigenvalue weighted by molar-refractivity contribution is 6.02. The van der Waals surface area contributed by atoms with Gasteiger partial charge in [-0.25, -0.2) is 18.3 Å². The van der Waals surface area contributed by atoms with E-state index in [1.54, 1.807) is 0 Å². The summed E-state index contributed by atoms with van der Waals surface area (Å²) in [5.41, 5.74) is -1.57. The third-order valence-electron chi connectivity index (χ3n) is 2.16. The minimum absolute atomic E-state index is 0.247. The first-order chi connectivity index (χ1) is 8.97. The molecule has 0 atom stereocenters. The molecule has 2 N–H and O–H groups in total. The van der Waals surface area contributed by atoms with Crippen molar-refractivity contribution in [2.75, 3.05) is 5.32 Å². The normalized spacial score (nSPS) is 10.3. The maximum Gasteiger partial charge on any atom is 0.276 e. The molecule has 0 aliphatic rings. The van der Waals surface area contributed by atoms with Crippen molar-refractivity contribution < 1.29 is 18.0 Å². The fourth-order valence-electron chi connectivity index (χ4n) is 1.31. The van der Waals surface area contributed by atoms with Crippen LogP contribution < -0.4 is 10.9 Å². The Kier molecular flexibility index (Phi) is 3.32. The van der Waals surface area contributed by atoms with E-state index < -0.39 is 34.6 Å². The van der Waals surface area contributed by atoms with Crippen LogP contribution >= 0.6 is 0 Å². The van der Waals surface area contributed by atoms with Gasteiger partial charge in [-0.1, -0.05) is 0 Å². The molecule has 19 heavy (non-hydrogen) atoms. The minimum atomic E-state index is -1.25. The van der Waals surface area contributed by atoms with Crippen LogP contribution in [0.1, 0.15) is 10.5 Å². The predicted octanol–water partition coefficient (Wildman–Crippen LogP) is 1.44. The molecule has 1 aromatic carbocycles. The molecule has 2 rings (SSSR count). The van der Waals surface area contributed by atoms with Crippen molar-refractivity contribution in [1.82, 2.24) is 10.2 Å². The number of carbonyl (C=O) groups excluding carboxylic acids is 1. The van der Waals surface area contributed by atoms with Crippen molar-refractivity contribution in [2.24, 2.45) is 0 Å². The summed E-state index contributed by atoms with van der Waals surface area (Å²) in [5.74, 6) is -4.55. The van der Waals surface area contributed by atoms with Gasteiger partial charge in [-0.3, -0.25) is 9.59 Å². The van der Waals surface area contributed by atoms with Crippen molar-refractivity contribution in [3.63, 3.8) is 0 Å². The number of carbonyl (C=O) groups is 1. The van der Waals surface area contributed by atoms with Gasteiger partial charge in [0.25, 0.3) is 11.5 Å². The molecule has 1 amide bonds. The highest BCUT2D eigenvalue weighted by Gasteiger charge is 2.16. The van der Waals surface area contributed by atoms with Gasteiger partial charge >= 0.3 is 0 Å². The van der Waals surface area contributed by atoms with Crippen molar-refractivity contribution in [2.45, 2.75) is 0 Å². The Labute approximate surface area is 104 Å². The molecule has 0 aliphatic heterocycles. The lowest BCUT2D eigenvalue weighted by molar-refractivity contribution is 0.102. The second kappa shape index (κ2) is 4.92. The van der Waals surface area contributed by atoms with E-state index in [4.69, 9.17) is 0 Å². The van der Waals surface area contributed by atoms with E-state index in [0.29, 0.717) is 12.1 Å². The number of amides is 1. The quantitative estimate of drug-likeness (QED) is 0.866. The third-order valence-corrected chi connectivity index (χ3v) is 2.16. The van der Waals surface area contributed by atoms with Gasteiger partial charge in [-0.2, -0.15) is 5.10 Å². The summed E-state index contributed by atoms with van der Waals surface area (Å²) in [4.78, 5) is 22.3. The Balaban J connectivity index is 2.29. The fraction of sp³-hybridized carbons (Fsp3) is 0. The summed E-state index contributed by atoms with van der Waals surface area (Å²) in [7, 11) is 0. The van der Waals surface area contributed by atoms with E-state index in [1.165, 1.54) is 0 Å². The standard InChI is InChI=1S/C11H6F3N3O2/c12-5-3-6(13)10(7(14)4-5)15-11(19)8-1-2-9(18)17-16-8/h1-4H,(H,15,19)(H,17,18). The predicted molar refractivity (Wildman–Crippen MR) is 59.1 cm³/mol. The molecule has 0 saturated heterocycles. The van der Waals surface area contributed by atoms with Gasteiger partial charge in [0.1, 0.15) is 17.2 Å². The lowest BCUT2D eigenvalue weighted by atomic mass is 10.2. The largest absolute Gasteiger partial charge is 0.316 e. The first-order valence-electron chi connectivity index (χ1n) is 4.99. The first-order valence-corrected chi connectivity index (χ1v) is 4.99. The lowest BCUT2D eigenvalue weighted by Crippen LogP contribution is -2.19. The number of rotatable bonds is 2. The Morgan fingerprint density at radius 1 is 1.16 bits per heavy atom. The maximum absolute atomic E-state index is 13.3. The Hall–Kier alpha value is -2.64. The van der Waals surface area contributed by atoms with Crippen LogP contribution in [0.15, 0.2) is 29.1 Å². The number of nitrogens with zero attached hydrogens (tertiary/aromatic N) is 1. The molecule has 2 aromatic rings. The zero-order valence-electron chi connectivity index (χ0n) is 9.21. The number of anilines is 1. The summed E-state index contributed by atoms with van der Waals surface area (Å²) in [6.07, 6.45) is 0. The second-order valence-corrected chi connectivity index (χ2v) is 3.50. The molecule has 1 heterocycles. The van der Waals surface area contributed by atoms with E-state index in [0.717, 1.165) is 12.1 Å². The van der Waals surface area contributed by atoms with Crippen molar-refractivity contribution in [3.05, 3.63) is 57.8 Å². The smallest absolute Gasteiger partial charge is 0.276 e. The van der Waals surface area contributed by atoms with Gasteiger partial charge in [-0.05, 0) is 6.07 Å². The fourth-order valence-corrected chi connectivity index (χ4v) is 1.31. The number of halogens is 3. The van der Waals surface area contributed by atoms with E-state index in [9.17, 15) is 22.8 Å². The molecule has 0 radical (unpaired) electrons. The molecular weight excluding hydrogens is 263 g/mol. The van der Waals surface area contributed by atoms with Crippen LogP contribution in [-0.2, 0) is 0 Å². The van der Waals surface area contributed by atoms with Crippen molar-refractivity contribution >= 4 is 11.6 Å². The van der Waals surface area contributed by atoms with Gasteiger partial charge in [0.15, 0.2) is 11.6 Å². The van der Waals surface area contributed by atoms with Crippen LogP contribution in [0.4, 0.5) is 18.9 Å². The molecular formula is C11H6F3N3O2. The Bertz CT molecular complexity index is 656. The molecule has 5 nitrogen and oxygen atoms in total. The molecule has 0 spiro atoms. The van der Waals surface area contributed by atoms with Crippen LogP contribution in [0.3, 0.4) is 0 Å². The Morgan fingerprint density at radius 3 is 2.32 bits per heavy atom. The summed E-state index contributed by atoms with van der Waals surface area (Å²) in [6, 6.07) is 2.96. The molecule has 0 saturated carbocycles. The van der Waals surface area contributed by atoms with Gasteiger partial charge in [-0.15, -0.1) is 0 Å². The minimum Gasteiger partial charge on any atom is -0.316 e. The summed E-state index contributed by atoms with van der Waals surface area (Å²) in [6.45, 7) is 0. The van der Waals surface area contributed by atoms with E-state index in [2.05, 4.69) is 5.10 Å². The van der Waals surface area contributed by atoms with Crippen LogP contribution in [0.25, 0.3) is 0 Å². The SMILES string of the molecule is O=C(Nc1c(F)cc(F)cc1F)c1ccc(=O)[nH]n1. The molecule has 0 bridgehead atoms. The molecule has 8 heteroatoms. The summed E-state index contributed by atoms with van der Waals surface area (Å²) in [5, 5.41) is 7.28. The zero-order chi connectivity index (χ0) is 14.0. The second-order valence-electron chi connectivity index (χ2n) is 3.50. The van der Waals surface area contributed by atoms with Crippen molar-refractivity contribution in [3.8, 4) is 0 Å². The molecule has 98 valence electrons. The molecule has 1 aromatic heterocycles. The van der Waals surface area contributed by atoms with Gasteiger partial charge in [0.05, 0.1) is 0 Å². The number of aromatic amines is 1. The third kappa shape index (κ3) is 2.79. The highest BCUT2D eigenvalue weighted by Crippen LogP contribution is 2.20. The number of H-pyrrole nitrogens is 1. The Morgan fingerprint density at radius 2 is 1.79 bits per heavy atom. The van der Waals surface area contributed by atoms with Gasteiger partial charge < -0.3 is 5.32 Å². The number of benzene rings is 1. The van der Waals surface area contributed by atoms with Crippen LogP contribution in [0.5, 0.6) is 0 Å². The average Bonchev–Trinajstić information content (AvgIpc) is 2.34.